The molecule has 2 amide bonds. The Morgan fingerprint density at radius 3 is 2.42 bits per heavy atom. The van der Waals surface area contributed by atoms with Crippen LogP contribution in [0.4, 0.5) is 10.5 Å². The number of hydrogen-bond acceptors (Lipinski definition) is 3. The number of amides is 2. The Bertz CT molecular complexity index is 580. The molecule has 2 atom stereocenters. The summed E-state index contributed by atoms with van der Waals surface area (Å²) in [7, 11) is 0. The van der Waals surface area contributed by atoms with E-state index < -0.39 is 0 Å². The summed E-state index contributed by atoms with van der Waals surface area (Å²) in [6.07, 6.45) is 3.51. The van der Waals surface area contributed by atoms with E-state index in [1.807, 2.05) is 12.1 Å². The molecular formula is C20H31ClN4O. The van der Waals surface area contributed by atoms with Crippen molar-refractivity contribution in [3.63, 3.8) is 0 Å². The first-order valence-corrected chi connectivity index (χ1v) is 10.3. The fourth-order valence-electron chi connectivity index (χ4n) is 4.02. The quantitative estimate of drug-likeness (QED) is 0.766. The van der Waals surface area contributed by atoms with Crippen molar-refractivity contribution in [1.82, 2.24) is 15.5 Å². The molecule has 2 heterocycles. The number of urea groups is 1. The molecule has 1 aromatic rings. The predicted molar refractivity (Wildman–Crippen MR) is 108 cm³/mol. The van der Waals surface area contributed by atoms with Crippen molar-refractivity contribution >= 4 is 23.3 Å². The molecule has 26 heavy (non-hydrogen) atoms. The third-order valence-electron chi connectivity index (χ3n) is 5.49. The van der Waals surface area contributed by atoms with E-state index in [2.05, 4.69) is 39.5 Å². The third-order valence-corrected chi connectivity index (χ3v) is 5.74. The Morgan fingerprint density at radius 2 is 1.73 bits per heavy atom. The SMILES string of the molecule is CCCN1CC[C@H](CNC(=O)NC[C@H]2CCN(c3ccc(Cl)cc3)C2)C1. The van der Waals surface area contributed by atoms with E-state index in [9.17, 15) is 4.79 Å². The number of nitrogens with one attached hydrogen (secondary N) is 2. The van der Waals surface area contributed by atoms with Crippen LogP contribution in [0.15, 0.2) is 24.3 Å². The van der Waals surface area contributed by atoms with Gasteiger partial charge in [-0.15, -0.1) is 0 Å². The maximum atomic E-state index is 12.1. The summed E-state index contributed by atoms with van der Waals surface area (Å²) in [5.41, 5.74) is 1.21. The van der Waals surface area contributed by atoms with E-state index in [4.69, 9.17) is 11.6 Å². The van der Waals surface area contributed by atoms with Gasteiger partial charge in [-0.1, -0.05) is 18.5 Å². The molecule has 3 rings (SSSR count). The number of nitrogens with zero attached hydrogens (tertiary/aromatic N) is 2. The summed E-state index contributed by atoms with van der Waals surface area (Å²) < 4.78 is 0. The van der Waals surface area contributed by atoms with Crippen LogP contribution in [0.3, 0.4) is 0 Å². The third kappa shape index (κ3) is 5.52. The second-order valence-corrected chi connectivity index (χ2v) is 8.06. The van der Waals surface area contributed by atoms with Crippen molar-refractivity contribution in [2.24, 2.45) is 11.8 Å². The molecule has 0 saturated carbocycles. The molecule has 0 spiro atoms. The molecule has 0 aliphatic carbocycles. The Labute approximate surface area is 162 Å². The van der Waals surface area contributed by atoms with Gasteiger partial charge in [-0.05, 0) is 68.5 Å². The summed E-state index contributed by atoms with van der Waals surface area (Å²) in [5, 5.41) is 6.88. The van der Waals surface area contributed by atoms with Crippen LogP contribution in [-0.2, 0) is 0 Å². The summed E-state index contributed by atoms with van der Waals surface area (Å²) >= 11 is 5.96. The monoisotopic (exact) mass is 378 g/mol. The van der Waals surface area contributed by atoms with E-state index in [1.165, 1.54) is 31.6 Å². The van der Waals surface area contributed by atoms with Crippen molar-refractivity contribution in [1.29, 1.82) is 0 Å². The topological polar surface area (TPSA) is 47.6 Å². The van der Waals surface area contributed by atoms with Crippen molar-refractivity contribution in [3.8, 4) is 0 Å². The Hall–Kier alpha value is -1.46. The zero-order chi connectivity index (χ0) is 18.4. The van der Waals surface area contributed by atoms with Crippen LogP contribution in [-0.4, -0.2) is 56.7 Å². The highest BCUT2D eigenvalue weighted by Crippen LogP contribution is 2.24. The van der Waals surface area contributed by atoms with E-state index >= 15 is 0 Å². The normalized spacial score (nSPS) is 23.4. The highest BCUT2D eigenvalue weighted by molar-refractivity contribution is 6.30. The molecule has 5 nitrogen and oxygen atoms in total. The van der Waals surface area contributed by atoms with Gasteiger partial charge in [0.1, 0.15) is 0 Å². The second kappa shape index (κ2) is 9.47. The predicted octanol–water partition coefficient (Wildman–Crippen LogP) is 3.20. The Kier molecular flexibility index (Phi) is 7.03. The van der Waals surface area contributed by atoms with Crippen molar-refractivity contribution in [3.05, 3.63) is 29.3 Å². The van der Waals surface area contributed by atoms with Gasteiger partial charge in [0.05, 0.1) is 0 Å². The fourth-order valence-corrected chi connectivity index (χ4v) is 4.15. The molecule has 6 heteroatoms. The minimum Gasteiger partial charge on any atom is -0.371 e. The van der Waals surface area contributed by atoms with Crippen LogP contribution in [0, 0.1) is 11.8 Å². The molecule has 1 aromatic carbocycles. The first kappa shape index (κ1) is 19.3. The first-order valence-electron chi connectivity index (χ1n) is 9.88. The van der Waals surface area contributed by atoms with Gasteiger partial charge in [-0.3, -0.25) is 0 Å². The summed E-state index contributed by atoms with van der Waals surface area (Å²) in [6.45, 7) is 9.22. The van der Waals surface area contributed by atoms with Crippen LogP contribution in [0.5, 0.6) is 0 Å². The number of rotatable bonds is 7. The smallest absolute Gasteiger partial charge is 0.314 e. The van der Waals surface area contributed by atoms with E-state index in [0.717, 1.165) is 44.2 Å². The molecule has 2 aliphatic rings. The lowest BCUT2D eigenvalue weighted by molar-refractivity contribution is 0.237. The van der Waals surface area contributed by atoms with Gasteiger partial charge in [-0.2, -0.15) is 0 Å². The first-order chi connectivity index (χ1) is 12.6. The zero-order valence-corrected chi connectivity index (χ0v) is 16.5. The molecule has 2 saturated heterocycles. The molecule has 144 valence electrons. The van der Waals surface area contributed by atoms with Crippen molar-refractivity contribution in [2.45, 2.75) is 26.2 Å². The summed E-state index contributed by atoms with van der Waals surface area (Å²) in [4.78, 5) is 16.9. The van der Waals surface area contributed by atoms with Crippen LogP contribution >= 0.6 is 11.6 Å². The van der Waals surface area contributed by atoms with Gasteiger partial charge in [0.15, 0.2) is 0 Å². The molecule has 2 N–H and O–H groups in total. The lowest BCUT2D eigenvalue weighted by Crippen LogP contribution is -2.41. The summed E-state index contributed by atoms with van der Waals surface area (Å²) in [6, 6.07) is 7.97. The van der Waals surface area contributed by atoms with Crippen LogP contribution in [0.1, 0.15) is 26.2 Å². The number of likely N-dealkylation sites (tertiary alicyclic amines) is 1. The van der Waals surface area contributed by atoms with Gasteiger partial charge in [0.25, 0.3) is 0 Å². The molecule has 0 bridgehead atoms. The number of carbonyl (C=O) groups excluding carboxylic acids is 1. The zero-order valence-electron chi connectivity index (χ0n) is 15.7. The standard InChI is InChI=1S/C20H31ClN4O/c1-2-9-24-10-7-16(14-24)12-22-20(26)23-13-17-8-11-25(15-17)19-5-3-18(21)4-6-19/h3-6,16-17H,2,7-15H2,1H3,(H2,22,23,26)/t16-,17-/m1/s1. The van der Waals surface area contributed by atoms with Crippen LogP contribution in [0.2, 0.25) is 5.02 Å². The highest BCUT2D eigenvalue weighted by atomic mass is 35.5. The second-order valence-electron chi connectivity index (χ2n) is 7.62. The van der Waals surface area contributed by atoms with E-state index in [0.29, 0.717) is 11.8 Å². The molecule has 2 aliphatic heterocycles. The maximum absolute atomic E-state index is 12.1. The average molecular weight is 379 g/mol. The van der Waals surface area contributed by atoms with Gasteiger partial charge >= 0.3 is 6.03 Å². The molecule has 0 unspecified atom stereocenters. The van der Waals surface area contributed by atoms with Crippen LogP contribution in [0.25, 0.3) is 0 Å². The number of anilines is 1. The van der Waals surface area contributed by atoms with E-state index in [-0.39, 0.29) is 6.03 Å². The lowest BCUT2D eigenvalue weighted by atomic mass is 10.1. The van der Waals surface area contributed by atoms with Gasteiger partial charge in [-0.25, -0.2) is 4.79 Å². The largest absolute Gasteiger partial charge is 0.371 e. The minimum absolute atomic E-state index is 0.0242. The van der Waals surface area contributed by atoms with Crippen molar-refractivity contribution < 1.29 is 4.79 Å². The number of carbonyl (C=O) groups is 1. The number of hydrogen-bond donors (Lipinski definition) is 2. The fraction of sp³-hybridized carbons (Fsp3) is 0.650. The number of benzene rings is 1. The maximum Gasteiger partial charge on any atom is 0.314 e. The molecule has 0 aromatic heterocycles. The van der Waals surface area contributed by atoms with Gasteiger partial charge in [0.2, 0.25) is 0 Å². The molecule has 0 radical (unpaired) electrons. The highest BCUT2D eigenvalue weighted by Gasteiger charge is 2.24. The van der Waals surface area contributed by atoms with Gasteiger partial charge in [0, 0.05) is 43.4 Å². The average Bonchev–Trinajstić information content (AvgIpc) is 3.29. The van der Waals surface area contributed by atoms with E-state index in [1.54, 1.807) is 0 Å². The molecular weight excluding hydrogens is 348 g/mol. The molecule has 2 fully saturated rings. The Balaban J connectivity index is 1.32. The van der Waals surface area contributed by atoms with Crippen molar-refractivity contribution in [2.75, 3.05) is 50.7 Å². The summed E-state index contributed by atoms with van der Waals surface area (Å²) in [5.74, 6) is 1.10. The van der Waals surface area contributed by atoms with Gasteiger partial charge < -0.3 is 20.4 Å². The Morgan fingerprint density at radius 1 is 1.08 bits per heavy atom. The van der Waals surface area contributed by atoms with Crippen LogP contribution < -0.4 is 15.5 Å². The number of halogens is 1. The lowest BCUT2D eigenvalue weighted by Gasteiger charge is -2.19. The minimum atomic E-state index is -0.0242.